The average molecular weight is 467 g/mol. The summed E-state index contributed by atoms with van der Waals surface area (Å²) in [5.41, 5.74) is -0.617. The van der Waals surface area contributed by atoms with E-state index in [0.29, 0.717) is 52.5 Å². The molecule has 2 aliphatic rings. The van der Waals surface area contributed by atoms with E-state index in [0.717, 1.165) is 12.1 Å². The normalized spacial score (nSPS) is 17.8. The van der Waals surface area contributed by atoms with E-state index in [9.17, 15) is 22.8 Å². The van der Waals surface area contributed by atoms with Crippen molar-refractivity contribution in [3.8, 4) is 5.69 Å². The first-order valence-electron chi connectivity index (χ1n) is 10.5. The van der Waals surface area contributed by atoms with Crippen molar-refractivity contribution < 1.29 is 27.5 Å². The Bertz CT molecular complexity index is 970. The number of morpholine rings is 1. The molecule has 0 atom stereocenters. The summed E-state index contributed by atoms with van der Waals surface area (Å²) in [6.07, 6.45) is -1.96. The summed E-state index contributed by atoms with van der Waals surface area (Å²) in [4.78, 5) is 34.4. The van der Waals surface area contributed by atoms with Crippen LogP contribution in [-0.2, 0) is 15.7 Å². The van der Waals surface area contributed by atoms with Gasteiger partial charge in [-0.05, 0) is 18.2 Å². The Kier molecular flexibility index (Phi) is 6.79. The summed E-state index contributed by atoms with van der Waals surface area (Å²) in [5, 5.41) is 6.51. The zero-order chi connectivity index (χ0) is 23.4. The lowest BCUT2D eigenvalue weighted by atomic mass is 10.1. The molecule has 2 aliphatic heterocycles. The molecule has 1 aromatic heterocycles. The number of halogens is 3. The molecule has 1 aromatic carbocycles. The van der Waals surface area contributed by atoms with Gasteiger partial charge in [-0.15, -0.1) is 0 Å². The molecule has 2 fully saturated rings. The summed E-state index contributed by atoms with van der Waals surface area (Å²) in [6, 6.07) is 3.01. The molecule has 3 amide bonds. The minimum absolute atomic E-state index is 0.00731. The van der Waals surface area contributed by atoms with Gasteiger partial charge in [-0.3, -0.25) is 9.69 Å². The molecule has 4 rings (SSSR count). The molecule has 0 radical (unpaired) electrons. The summed E-state index contributed by atoms with van der Waals surface area (Å²) in [7, 11) is 0. The van der Waals surface area contributed by atoms with Crippen molar-refractivity contribution in [1.82, 2.24) is 29.5 Å². The van der Waals surface area contributed by atoms with Crippen LogP contribution in [0.3, 0.4) is 0 Å². The van der Waals surface area contributed by atoms with Gasteiger partial charge >= 0.3 is 12.2 Å². The SMILES string of the molecule is O=C(CN1CCN(C(=O)N2CCOCC2)CC1)Nc1cc(C(F)(F)F)ccc1-n1cncn1. The minimum atomic E-state index is -4.55. The third-order valence-corrected chi connectivity index (χ3v) is 5.56. The first-order chi connectivity index (χ1) is 15.8. The van der Waals surface area contributed by atoms with Gasteiger partial charge in [0.25, 0.3) is 0 Å². The lowest BCUT2D eigenvalue weighted by Crippen LogP contribution is -2.55. The summed E-state index contributed by atoms with van der Waals surface area (Å²) in [5.74, 6) is -0.455. The highest BCUT2D eigenvalue weighted by atomic mass is 19.4. The number of nitrogens with zero attached hydrogens (tertiary/aromatic N) is 6. The molecule has 0 aliphatic carbocycles. The van der Waals surface area contributed by atoms with E-state index < -0.39 is 17.6 Å². The van der Waals surface area contributed by atoms with E-state index in [2.05, 4.69) is 15.4 Å². The number of rotatable bonds is 4. The van der Waals surface area contributed by atoms with Gasteiger partial charge < -0.3 is 19.9 Å². The van der Waals surface area contributed by atoms with Gasteiger partial charge in [-0.1, -0.05) is 0 Å². The Morgan fingerprint density at radius 2 is 1.73 bits per heavy atom. The Balaban J connectivity index is 1.36. The molecule has 10 nitrogen and oxygen atoms in total. The fraction of sp³-hybridized carbons (Fsp3) is 0.500. The molecule has 0 spiro atoms. The highest BCUT2D eigenvalue weighted by Gasteiger charge is 2.32. The lowest BCUT2D eigenvalue weighted by molar-refractivity contribution is -0.137. The second-order valence-electron chi connectivity index (χ2n) is 7.76. The number of hydrogen-bond acceptors (Lipinski definition) is 6. The van der Waals surface area contributed by atoms with Crippen molar-refractivity contribution in [3.63, 3.8) is 0 Å². The van der Waals surface area contributed by atoms with Crippen molar-refractivity contribution in [2.45, 2.75) is 6.18 Å². The van der Waals surface area contributed by atoms with Gasteiger partial charge in [0.05, 0.1) is 36.7 Å². The zero-order valence-corrected chi connectivity index (χ0v) is 17.8. The molecule has 3 heterocycles. The topological polar surface area (TPSA) is 95.8 Å². The van der Waals surface area contributed by atoms with Crippen molar-refractivity contribution in [2.24, 2.45) is 0 Å². The number of urea groups is 1. The Labute approximate surface area is 187 Å². The molecule has 33 heavy (non-hydrogen) atoms. The fourth-order valence-corrected chi connectivity index (χ4v) is 3.79. The molecule has 2 aromatic rings. The highest BCUT2D eigenvalue weighted by Crippen LogP contribution is 2.33. The molecular formula is C20H24F3N7O3. The first-order valence-corrected chi connectivity index (χ1v) is 10.5. The molecule has 178 valence electrons. The van der Waals surface area contributed by atoms with Gasteiger partial charge in [-0.25, -0.2) is 14.5 Å². The number of hydrogen-bond donors (Lipinski definition) is 1. The van der Waals surface area contributed by atoms with E-state index in [1.165, 1.54) is 23.4 Å². The minimum Gasteiger partial charge on any atom is -0.378 e. The predicted octanol–water partition coefficient (Wildman–Crippen LogP) is 1.29. The highest BCUT2D eigenvalue weighted by molar-refractivity contribution is 5.94. The van der Waals surface area contributed by atoms with Crippen LogP contribution in [0.1, 0.15) is 5.56 Å². The quantitative estimate of drug-likeness (QED) is 0.728. The van der Waals surface area contributed by atoms with Crippen LogP contribution in [-0.4, -0.2) is 100 Å². The van der Waals surface area contributed by atoms with Crippen molar-refractivity contribution in [1.29, 1.82) is 0 Å². The smallest absolute Gasteiger partial charge is 0.378 e. The molecule has 0 saturated carbocycles. The number of aromatic nitrogens is 3. The largest absolute Gasteiger partial charge is 0.416 e. The molecule has 1 N–H and O–H groups in total. The number of ether oxygens (including phenoxy) is 1. The second-order valence-corrected chi connectivity index (χ2v) is 7.76. The summed E-state index contributed by atoms with van der Waals surface area (Å²) >= 11 is 0. The van der Waals surface area contributed by atoms with Crippen molar-refractivity contribution in [3.05, 3.63) is 36.4 Å². The average Bonchev–Trinajstić information content (AvgIpc) is 3.34. The van der Waals surface area contributed by atoms with Gasteiger partial charge in [0.15, 0.2) is 0 Å². The first kappa shape index (κ1) is 23.0. The number of nitrogens with one attached hydrogen (secondary N) is 1. The second kappa shape index (κ2) is 9.75. The van der Waals surface area contributed by atoms with Crippen LogP contribution in [0, 0.1) is 0 Å². The third-order valence-electron chi connectivity index (χ3n) is 5.56. The molecule has 0 unspecified atom stereocenters. The van der Waals surface area contributed by atoms with Crippen LogP contribution in [0.4, 0.5) is 23.7 Å². The molecular weight excluding hydrogens is 443 g/mol. The number of carbonyl (C=O) groups is 2. The van der Waals surface area contributed by atoms with Gasteiger partial charge in [0.2, 0.25) is 5.91 Å². The number of piperazine rings is 1. The van der Waals surface area contributed by atoms with Crippen LogP contribution < -0.4 is 5.32 Å². The van der Waals surface area contributed by atoms with Crippen LogP contribution >= 0.6 is 0 Å². The van der Waals surface area contributed by atoms with E-state index in [1.54, 1.807) is 9.80 Å². The number of anilines is 1. The van der Waals surface area contributed by atoms with Crippen LogP contribution in [0.25, 0.3) is 5.69 Å². The van der Waals surface area contributed by atoms with Crippen LogP contribution in [0.5, 0.6) is 0 Å². The maximum Gasteiger partial charge on any atom is 0.416 e. The van der Waals surface area contributed by atoms with E-state index in [1.807, 2.05) is 4.90 Å². The molecule has 13 heteroatoms. The maximum absolute atomic E-state index is 13.2. The third kappa shape index (κ3) is 5.60. The number of alkyl halides is 3. The Morgan fingerprint density at radius 3 is 2.36 bits per heavy atom. The maximum atomic E-state index is 13.2. The van der Waals surface area contributed by atoms with Crippen LogP contribution in [0.2, 0.25) is 0 Å². The number of amides is 3. The number of benzene rings is 1. The molecule has 0 bridgehead atoms. The van der Waals surface area contributed by atoms with E-state index >= 15 is 0 Å². The van der Waals surface area contributed by atoms with Crippen molar-refractivity contribution >= 4 is 17.6 Å². The van der Waals surface area contributed by atoms with E-state index in [4.69, 9.17) is 4.74 Å². The van der Waals surface area contributed by atoms with Crippen molar-refractivity contribution in [2.75, 3.05) is 64.3 Å². The monoisotopic (exact) mass is 467 g/mol. The molecule has 2 saturated heterocycles. The number of carbonyl (C=O) groups excluding carboxylic acids is 2. The van der Waals surface area contributed by atoms with E-state index in [-0.39, 0.29) is 24.0 Å². The standard InChI is InChI=1S/C20H24F3N7O3/c21-20(22,23)15-1-2-17(30-14-24-13-25-30)16(11-15)26-18(31)12-27-3-5-28(6-4-27)19(32)29-7-9-33-10-8-29/h1-2,11,13-14H,3-10,12H2,(H,26,31). The van der Waals surface area contributed by atoms with Crippen LogP contribution in [0.15, 0.2) is 30.9 Å². The summed E-state index contributed by atoms with van der Waals surface area (Å²) in [6.45, 7) is 4.08. The Hall–Kier alpha value is -3.19. The predicted molar refractivity (Wildman–Crippen MR) is 111 cm³/mol. The fourth-order valence-electron chi connectivity index (χ4n) is 3.79. The van der Waals surface area contributed by atoms with Gasteiger partial charge in [0.1, 0.15) is 12.7 Å². The summed E-state index contributed by atoms with van der Waals surface area (Å²) < 4.78 is 46.1. The lowest BCUT2D eigenvalue weighted by Gasteiger charge is -2.38. The van der Waals surface area contributed by atoms with Gasteiger partial charge in [0, 0.05) is 39.3 Å². The Morgan fingerprint density at radius 1 is 1.03 bits per heavy atom. The van der Waals surface area contributed by atoms with Gasteiger partial charge in [-0.2, -0.15) is 18.3 Å². The zero-order valence-electron chi connectivity index (χ0n) is 17.8.